The lowest BCUT2D eigenvalue weighted by atomic mass is 10.2. The van der Waals surface area contributed by atoms with Crippen molar-refractivity contribution in [2.24, 2.45) is 5.73 Å². The first-order chi connectivity index (χ1) is 6.81. The third-order valence-electron chi connectivity index (χ3n) is 1.86. The molecule has 3 N–H and O–H groups in total. The van der Waals surface area contributed by atoms with Gasteiger partial charge in [0.15, 0.2) is 5.69 Å². The van der Waals surface area contributed by atoms with Crippen molar-refractivity contribution in [2.45, 2.75) is 12.8 Å². The lowest BCUT2D eigenvalue weighted by Crippen LogP contribution is -2.08. The van der Waals surface area contributed by atoms with E-state index in [-0.39, 0.29) is 5.92 Å². The highest BCUT2D eigenvalue weighted by molar-refractivity contribution is 5.44. The normalized spacial score (nSPS) is 13.0. The van der Waals surface area contributed by atoms with E-state index < -0.39 is 0 Å². The van der Waals surface area contributed by atoms with Crippen molar-refractivity contribution in [3.63, 3.8) is 0 Å². The van der Waals surface area contributed by atoms with Gasteiger partial charge in [0.05, 0.1) is 6.20 Å². The first-order valence-corrected chi connectivity index (χ1v) is 4.21. The van der Waals surface area contributed by atoms with Crippen molar-refractivity contribution < 1.29 is 4.52 Å². The average molecular weight is 194 g/mol. The predicted molar refractivity (Wildman–Crippen MR) is 47.1 cm³/mol. The van der Waals surface area contributed by atoms with Gasteiger partial charge in [-0.15, -0.1) is 0 Å². The Hall–Kier alpha value is -1.76. The minimum atomic E-state index is 0.0585. The van der Waals surface area contributed by atoms with E-state index in [0.29, 0.717) is 24.0 Å². The molecule has 0 aliphatic carbocycles. The molecule has 0 spiro atoms. The molecule has 7 nitrogen and oxygen atoms in total. The average Bonchev–Trinajstić information content (AvgIpc) is 2.86. The molecule has 2 aromatic heterocycles. The van der Waals surface area contributed by atoms with Crippen molar-refractivity contribution in [3.8, 4) is 11.5 Å². The quantitative estimate of drug-likeness (QED) is 0.707. The predicted octanol–water partition coefficient (Wildman–Crippen LogP) is -0.0831. The number of hydrogen-bond acceptors (Lipinski definition) is 6. The van der Waals surface area contributed by atoms with Crippen LogP contribution in [0.1, 0.15) is 18.7 Å². The standard InChI is InChI=1S/C7H10N6O/c1-4(2-8)7-10-6(12-14-7)5-3-9-13-11-5/h3-4H,2,8H2,1H3,(H,9,11,13). The van der Waals surface area contributed by atoms with Gasteiger partial charge < -0.3 is 10.3 Å². The van der Waals surface area contributed by atoms with Crippen LogP contribution in [0.15, 0.2) is 10.7 Å². The van der Waals surface area contributed by atoms with Gasteiger partial charge >= 0.3 is 0 Å². The van der Waals surface area contributed by atoms with E-state index in [1.807, 2.05) is 6.92 Å². The summed E-state index contributed by atoms with van der Waals surface area (Å²) in [5, 5.41) is 13.7. The summed E-state index contributed by atoms with van der Waals surface area (Å²) in [5.41, 5.74) is 6.03. The number of nitrogens with one attached hydrogen (secondary N) is 1. The molecule has 0 aliphatic rings. The number of nitrogens with zero attached hydrogens (tertiary/aromatic N) is 4. The number of rotatable bonds is 3. The van der Waals surface area contributed by atoms with Crippen LogP contribution in [0.2, 0.25) is 0 Å². The Bertz CT molecular complexity index is 394. The van der Waals surface area contributed by atoms with Gasteiger partial charge in [-0.2, -0.15) is 20.4 Å². The Morgan fingerprint density at radius 3 is 3.14 bits per heavy atom. The van der Waals surface area contributed by atoms with Crippen molar-refractivity contribution >= 4 is 0 Å². The topological polar surface area (TPSA) is 107 Å². The molecule has 2 aromatic rings. The molecular formula is C7H10N6O. The zero-order valence-corrected chi connectivity index (χ0v) is 7.64. The number of hydrogen-bond donors (Lipinski definition) is 2. The van der Waals surface area contributed by atoms with Crippen molar-refractivity contribution in [1.82, 2.24) is 25.6 Å². The van der Waals surface area contributed by atoms with Crippen molar-refractivity contribution in [1.29, 1.82) is 0 Å². The molecular weight excluding hydrogens is 184 g/mol. The van der Waals surface area contributed by atoms with Gasteiger partial charge in [-0.25, -0.2) is 0 Å². The van der Waals surface area contributed by atoms with Crippen LogP contribution in [0.5, 0.6) is 0 Å². The molecule has 7 heteroatoms. The Kier molecular flexibility index (Phi) is 2.23. The van der Waals surface area contributed by atoms with E-state index in [1.165, 1.54) is 6.20 Å². The van der Waals surface area contributed by atoms with Crippen LogP contribution in [0.3, 0.4) is 0 Å². The van der Waals surface area contributed by atoms with Gasteiger partial charge in [-0.1, -0.05) is 12.1 Å². The molecule has 0 amide bonds. The molecule has 0 fully saturated rings. The van der Waals surface area contributed by atoms with Gasteiger partial charge in [0.2, 0.25) is 11.7 Å². The summed E-state index contributed by atoms with van der Waals surface area (Å²) in [6.45, 7) is 2.39. The molecule has 14 heavy (non-hydrogen) atoms. The van der Waals surface area contributed by atoms with Crippen LogP contribution in [-0.2, 0) is 0 Å². The summed E-state index contributed by atoms with van der Waals surface area (Å²) in [6.07, 6.45) is 1.53. The highest BCUT2D eigenvalue weighted by atomic mass is 16.5. The summed E-state index contributed by atoms with van der Waals surface area (Å²) in [5.74, 6) is 1.00. The molecule has 0 saturated heterocycles. The number of aromatic amines is 1. The van der Waals surface area contributed by atoms with E-state index in [0.717, 1.165) is 0 Å². The third-order valence-corrected chi connectivity index (χ3v) is 1.86. The van der Waals surface area contributed by atoms with Gasteiger partial charge in [-0.3, -0.25) is 0 Å². The van der Waals surface area contributed by atoms with E-state index >= 15 is 0 Å². The molecule has 0 aromatic carbocycles. The number of nitrogens with two attached hydrogens (primary N) is 1. The fraction of sp³-hybridized carbons (Fsp3) is 0.429. The smallest absolute Gasteiger partial charge is 0.231 e. The Morgan fingerprint density at radius 1 is 1.64 bits per heavy atom. The summed E-state index contributed by atoms with van der Waals surface area (Å²) in [6, 6.07) is 0. The maximum atomic E-state index is 5.47. The maximum absolute atomic E-state index is 5.47. The van der Waals surface area contributed by atoms with E-state index in [4.69, 9.17) is 10.3 Å². The van der Waals surface area contributed by atoms with Crippen LogP contribution in [-0.4, -0.2) is 32.1 Å². The fourth-order valence-corrected chi connectivity index (χ4v) is 0.950. The Morgan fingerprint density at radius 2 is 2.50 bits per heavy atom. The number of aromatic nitrogens is 5. The second-order valence-electron chi connectivity index (χ2n) is 2.95. The largest absolute Gasteiger partial charge is 0.339 e. The highest BCUT2D eigenvalue weighted by Crippen LogP contribution is 2.15. The van der Waals surface area contributed by atoms with Crippen molar-refractivity contribution in [3.05, 3.63) is 12.1 Å². The third kappa shape index (κ3) is 1.49. The van der Waals surface area contributed by atoms with Crippen LogP contribution in [0, 0.1) is 0 Å². The lowest BCUT2D eigenvalue weighted by Gasteiger charge is -1.98. The summed E-state index contributed by atoms with van der Waals surface area (Å²) < 4.78 is 5.02. The zero-order chi connectivity index (χ0) is 9.97. The minimum Gasteiger partial charge on any atom is -0.339 e. The summed E-state index contributed by atoms with van der Waals surface area (Å²) >= 11 is 0. The van der Waals surface area contributed by atoms with Gasteiger partial charge in [0.25, 0.3) is 0 Å². The van der Waals surface area contributed by atoms with Gasteiger partial charge in [-0.05, 0) is 0 Å². The molecule has 0 aliphatic heterocycles. The second kappa shape index (κ2) is 3.54. The van der Waals surface area contributed by atoms with E-state index in [2.05, 4.69) is 25.6 Å². The molecule has 0 bridgehead atoms. The Labute approximate surface area is 79.7 Å². The van der Waals surface area contributed by atoms with E-state index in [9.17, 15) is 0 Å². The van der Waals surface area contributed by atoms with E-state index in [1.54, 1.807) is 0 Å². The zero-order valence-electron chi connectivity index (χ0n) is 7.64. The first kappa shape index (κ1) is 8.82. The second-order valence-corrected chi connectivity index (χ2v) is 2.95. The van der Waals surface area contributed by atoms with Gasteiger partial charge in [0.1, 0.15) is 0 Å². The first-order valence-electron chi connectivity index (χ1n) is 4.21. The molecule has 1 atom stereocenters. The minimum absolute atomic E-state index is 0.0585. The SMILES string of the molecule is CC(CN)c1nc(-c2cn[nH]n2)no1. The van der Waals surface area contributed by atoms with Crippen LogP contribution in [0.25, 0.3) is 11.5 Å². The Balaban J connectivity index is 2.26. The molecule has 74 valence electrons. The summed E-state index contributed by atoms with van der Waals surface area (Å²) in [7, 11) is 0. The lowest BCUT2D eigenvalue weighted by molar-refractivity contribution is 0.361. The van der Waals surface area contributed by atoms with Crippen molar-refractivity contribution in [2.75, 3.05) is 6.54 Å². The summed E-state index contributed by atoms with van der Waals surface area (Å²) in [4.78, 5) is 4.14. The van der Waals surface area contributed by atoms with Crippen LogP contribution < -0.4 is 5.73 Å². The molecule has 2 heterocycles. The highest BCUT2D eigenvalue weighted by Gasteiger charge is 2.14. The molecule has 0 saturated carbocycles. The number of H-pyrrole nitrogens is 1. The molecule has 0 radical (unpaired) electrons. The molecule has 2 rings (SSSR count). The molecule has 1 unspecified atom stereocenters. The monoisotopic (exact) mass is 194 g/mol. The van der Waals surface area contributed by atoms with Crippen LogP contribution in [0.4, 0.5) is 0 Å². The fourth-order valence-electron chi connectivity index (χ4n) is 0.950. The van der Waals surface area contributed by atoms with Gasteiger partial charge in [0, 0.05) is 12.5 Å². The maximum Gasteiger partial charge on any atom is 0.231 e. The van der Waals surface area contributed by atoms with Crippen LogP contribution >= 0.6 is 0 Å².